The Bertz CT molecular complexity index is 914. The van der Waals surface area contributed by atoms with E-state index in [4.69, 9.17) is 19.6 Å². The van der Waals surface area contributed by atoms with E-state index in [1.165, 1.54) is 0 Å². The summed E-state index contributed by atoms with van der Waals surface area (Å²) in [7, 11) is 1.73. The summed E-state index contributed by atoms with van der Waals surface area (Å²) in [4.78, 5) is 24.6. The van der Waals surface area contributed by atoms with Crippen LogP contribution in [-0.4, -0.2) is 66.6 Å². The lowest BCUT2D eigenvalue weighted by Crippen LogP contribution is -2.34. The van der Waals surface area contributed by atoms with Crippen molar-refractivity contribution < 1.29 is 14.3 Å². The van der Waals surface area contributed by atoms with Crippen LogP contribution in [0.4, 0.5) is 5.82 Å². The Morgan fingerprint density at radius 2 is 2.17 bits per heavy atom. The summed E-state index contributed by atoms with van der Waals surface area (Å²) in [6.45, 7) is 6.30. The van der Waals surface area contributed by atoms with Crippen molar-refractivity contribution >= 4 is 23.7 Å². The number of hydrogen-bond donors (Lipinski definition) is 0. The van der Waals surface area contributed by atoms with E-state index in [2.05, 4.69) is 24.9 Å². The summed E-state index contributed by atoms with van der Waals surface area (Å²) in [5.41, 5.74) is 1.95. The van der Waals surface area contributed by atoms with Gasteiger partial charge in [0.2, 0.25) is 5.91 Å². The van der Waals surface area contributed by atoms with Crippen molar-refractivity contribution in [1.29, 1.82) is 0 Å². The van der Waals surface area contributed by atoms with Gasteiger partial charge in [-0.2, -0.15) is 5.10 Å². The molecule has 5 rings (SSSR count). The first-order valence-electron chi connectivity index (χ1n) is 10.9. The van der Waals surface area contributed by atoms with Gasteiger partial charge in [-0.25, -0.2) is 0 Å². The van der Waals surface area contributed by atoms with Gasteiger partial charge in [0.25, 0.3) is 0 Å². The SMILES string of the molecule is COC1CN=CC(C2=CC(C)C3C(=O)N(c4ccn([C@@H]5CCOC5)n4)C(C)C3=N2)C1. The van der Waals surface area contributed by atoms with Crippen LogP contribution in [-0.2, 0) is 14.3 Å². The van der Waals surface area contributed by atoms with Gasteiger partial charge in [-0.05, 0) is 25.7 Å². The third kappa shape index (κ3) is 3.22. The van der Waals surface area contributed by atoms with Gasteiger partial charge < -0.3 is 9.47 Å². The Labute approximate surface area is 176 Å². The van der Waals surface area contributed by atoms with Crippen LogP contribution in [0.2, 0.25) is 0 Å². The number of carbonyl (C=O) groups is 1. The highest BCUT2D eigenvalue weighted by molar-refractivity contribution is 6.21. The minimum atomic E-state index is -0.220. The zero-order chi connectivity index (χ0) is 20.8. The molecular formula is C22H29N5O3. The molecule has 1 aromatic rings. The minimum absolute atomic E-state index is 0.0871. The second-order valence-corrected chi connectivity index (χ2v) is 8.73. The molecule has 1 aromatic heterocycles. The van der Waals surface area contributed by atoms with Crippen molar-refractivity contribution in [3.05, 3.63) is 24.0 Å². The summed E-state index contributed by atoms with van der Waals surface area (Å²) in [5.74, 6) is 0.794. The number of amides is 1. The highest BCUT2D eigenvalue weighted by atomic mass is 16.5. The molecule has 4 aliphatic heterocycles. The Balaban J connectivity index is 1.41. The Kier molecular flexibility index (Phi) is 5.06. The summed E-state index contributed by atoms with van der Waals surface area (Å²) < 4.78 is 12.9. The van der Waals surface area contributed by atoms with E-state index in [1.807, 2.05) is 28.1 Å². The van der Waals surface area contributed by atoms with Gasteiger partial charge in [-0.1, -0.05) is 13.0 Å². The van der Waals surface area contributed by atoms with Gasteiger partial charge in [0.05, 0.1) is 43.0 Å². The fourth-order valence-electron chi connectivity index (χ4n) is 5.07. The first-order valence-corrected chi connectivity index (χ1v) is 10.9. The van der Waals surface area contributed by atoms with E-state index in [-0.39, 0.29) is 41.8 Å². The number of aliphatic imine (C=N–C) groups is 2. The first-order chi connectivity index (χ1) is 14.6. The zero-order valence-corrected chi connectivity index (χ0v) is 17.8. The minimum Gasteiger partial charge on any atom is -0.379 e. The van der Waals surface area contributed by atoms with Crippen LogP contribution in [0.3, 0.4) is 0 Å². The van der Waals surface area contributed by atoms with Crippen LogP contribution >= 0.6 is 0 Å². The van der Waals surface area contributed by atoms with E-state index in [0.29, 0.717) is 19.0 Å². The standard InChI is InChI=1S/C22H29N5O3/c1-13-8-18(15-9-17(29-3)11-23-10-15)24-21-14(2)27(22(28)20(13)21)19-4-6-26(25-19)16-5-7-30-12-16/h4,6,8,10,13-17,20H,5,7,9,11-12H2,1-3H3/t13?,14?,15?,16-,17?,20?/m1/s1. The van der Waals surface area contributed by atoms with Gasteiger partial charge in [-0.15, -0.1) is 0 Å². The molecule has 8 heteroatoms. The third-order valence-electron chi connectivity index (χ3n) is 6.80. The molecule has 30 heavy (non-hydrogen) atoms. The molecule has 2 fully saturated rings. The second-order valence-electron chi connectivity index (χ2n) is 8.73. The van der Waals surface area contributed by atoms with Crippen molar-refractivity contribution in [2.45, 2.75) is 44.9 Å². The Morgan fingerprint density at radius 3 is 2.93 bits per heavy atom. The van der Waals surface area contributed by atoms with Crippen molar-refractivity contribution in [2.75, 3.05) is 31.8 Å². The van der Waals surface area contributed by atoms with Gasteiger partial charge in [-0.3, -0.25) is 24.4 Å². The predicted molar refractivity (Wildman–Crippen MR) is 114 cm³/mol. The fourth-order valence-corrected chi connectivity index (χ4v) is 5.07. The van der Waals surface area contributed by atoms with Crippen LogP contribution in [0.15, 0.2) is 34.0 Å². The van der Waals surface area contributed by atoms with Crippen molar-refractivity contribution in [1.82, 2.24) is 9.78 Å². The maximum atomic E-state index is 13.4. The van der Waals surface area contributed by atoms with Crippen molar-refractivity contribution in [3.8, 4) is 0 Å². The van der Waals surface area contributed by atoms with Gasteiger partial charge in [0, 0.05) is 43.8 Å². The molecular weight excluding hydrogens is 382 g/mol. The van der Waals surface area contributed by atoms with Crippen LogP contribution in [0, 0.1) is 17.8 Å². The molecule has 5 heterocycles. The quantitative estimate of drug-likeness (QED) is 0.761. The molecule has 0 saturated carbocycles. The number of carbonyl (C=O) groups excluding carboxylic acids is 1. The van der Waals surface area contributed by atoms with Crippen molar-refractivity contribution in [2.24, 2.45) is 27.7 Å². The summed E-state index contributed by atoms with van der Waals surface area (Å²) in [6.07, 6.45) is 8.04. The van der Waals surface area contributed by atoms with E-state index in [1.54, 1.807) is 7.11 Å². The first kappa shape index (κ1) is 19.6. The molecule has 0 radical (unpaired) electrons. The lowest BCUT2D eigenvalue weighted by Gasteiger charge is -2.28. The molecule has 1 amide bonds. The smallest absolute Gasteiger partial charge is 0.238 e. The number of nitrogens with zero attached hydrogens (tertiary/aromatic N) is 5. The molecule has 8 nitrogen and oxygen atoms in total. The van der Waals surface area contributed by atoms with E-state index >= 15 is 0 Å². The van der Waals surface area contributed by atoms with Crippen LogP contribution < -0.4 is 4.90 Å². The topological polar surface area (TPSA) is 81.3 Å². The van der Waals surface area contributed by atoms with Crippen molar-refractivity contribution in [3.63, 3.8) is 0 Å². The number of methoxy groups -OCH3 is 1. The summed E-state index contributed by atoms with van der Waals surface area (Å²) in [6, 6.07) is 2.06. The molecule has 0 bridgehead atoms. The molecule has 160 valence electrons. The average molecular weight is 412 g/mol. The molecule has 6 atom stereocenters. The van der Waals surface area contributed by atoms with Crippen LogP contribution in [0.5, 0.6) is 0 Å². The zero-order valence-electron chi connectivity index (χ0n) is 17.8. The normalized spacial score (nSPS) is 36.1. The third-order valence-corrected chi connectivity index (χ3v) is 6.80. The largest absolute Gasteiger partial charge is 0.379 e. The number of hydrogen-bond acceptors (Lipinski definition) is 6. The fraction of sp³-hybridized carbons (Fsp3) is 0.636. The molecule has 5 unspecified atom stereocenters. The highest BCUT2D eigenvalue weighted by Crippen LogP contribution is 2.38. The number of aromatic nitrogens is 2. The predicted octanol–water partition coefficient (Wildman–Crippen LogP) is 2.28. The number of ether oxygens (including phenoxy) is 2. The lowest BCUT2D eigenvalue weighted by molar-refractivity contribution is -0.120. The van der Waals surface area contributed by atoms with E-state index < -0.39 is 0 Å². The molecule has 2 saturated heterocycles. The van der Waals surface area contributed by atoms with Crippen LogP contribution in [0.25, 0.3) is 0 Å². The maximum Gasteiger partial charge on any atom is 0.238 e. The molecule has 0 aromatic carbocycles. The molecule has 4 aliphatic rings. The lowest BCUT2D eigenvalue weighted by atomic mass is 9.83. The number of rotatable bonds is 4. The number of anilines is 1. The number of allylic oxidation sites excluding steroid dienone is 2. The second kappa shape index (κ2) is 7.74. The molecule has 0 N–H and O–H groups in total. The van der Waals surface area contributed by atoms with E-state index in [9.17, 15) is 4.79 Å². The summed E-state index contributed by atoms with van der Waals surface area (Å²) in [5, 5.41) is 4.72. The molecule has 0 spiro atoms. The van der Waals surface area contributed by atoms with Gasteiger partial charge in [0.1, 0.15) is 0 Å². The summed E-state index contributed by atoms with van der Waals surface area (Å²) >= 11 is 0. The molecule has 0 aliphatic carbocycles. The Morgan fingerprint density at radius 1 is 1.30 bits per heavy atom. The van der Waals surface area contributed by atoms with Gasteiger partial charge >= 0.3 is 0 Å². The average Bonchev–Trinajstić information content (AvgIpc) is 3.49. The number of fused-ring (bicyclic) bond motifs is 1. The van der Waals surface area contributed by atoms with Gasteiger partial charge in [0.15, 0.2) is 5.82 Å². The Hall–Kier alpha value is -2.32. The maximum absolute atomic E-state index is 13.4. The van der Waals surface area contributed by atoms with Crippen LogP contribution in [0.1, 0.15) is 32.7 Å². The van der Waals surface area contributed by atoms with E-state index in [0.717, 1.165) is 30.9 Å². The highest BCUT2D eigenvalue weighted by Gasteiger charge is 2.48. The monoisotopic (exact) mass is 411 g/mol.